The molecule has 8 nitrogen and oxygen atoms in total. The summed E-state index contributed by atoms with van der Waals surface area (Å²) < 4.78 is 2.01. The number of nitrogens with zero attached hydrogens (tertiary/aromatic N) is 4. The molecule has 0 bridgehead atoms. The summed E-state index contributed by atoms with van der Waals surface area (Å²) in [5.41, 5.74) is 9.50. The fraction of sp³-hybridized carbons (Fsp3) is 0.333. The fourth-order valence-electron chi connectivity index (χ4n) is 4.02. The lowest BCUT2D eigenvalue weighted by atomic mass is 10.1. The SMILES string of the molecule is CCn1c(SCC(=O)Nc2cc(C(N)=O)ccc2N2CCCC2)nnc1-c1cccc(C)c1. The van der Waals surface area contributed by atoms with Crippen molar-refractivity contribution in [1.82, 2.24) is 14.8 Å². The van der Waals surface area contributed by atoms with Gasteiger partial charge in [0.25, 0.3) is 0 Å². The Labute approximate surface area is 197 Å². The standard InChI is InChI=1S/C24H28N6O2S/c1-3-30-23(18-8-6-7-16(2)13-18)27-28-24(30)33-15-21(31)26-19-14-17(22(25)32)9-10-20(19)29-11-4-5-12-29/h6-10,13-14H,3-5,11-12,15H2,1-2H3,(H2,25,32)(H,26,31). The molecule has 4 rings (SSSR count). The zero-order chi connectivity index (χ0) is 23.4. The molecule has 0 aliphatic carbocycles. The minimum atomic E-state index is -0.521. The van der Waals surface area contributed by atoms with E-state index in [0.29, 0.717) is 23.0 Å². The summed E-state index contributed by atoms with van der Waals surface area (Å²) >= 11 is 1.34. The maximum Gasteiger partial charge on any atom is 0.248 e. The smallest absolute Gasteiger partial charge is 0.248 e. The quantitative estimate of drug-likeness (QED) is 0.493. The Bertz CT molecular complexity index is 1170. The van der Waals surface area contributed by atoms with Crippen molar-refractivity contribution >= 4 is 35.0 Å². The van der Waals surface area contributed by atoms with E-state index in [2.05, 4.69) is 26.5 Å². The molecule has 1 saturated heterocycles. The van der Waals surface area contributed by atoms with E-state index >= 15 is 0 Å². The Morgan fingerprint density at radius 2 is 1.91 bits per heavy atom. The maximum atomic E-state index is 12.8. The van der Waals surface area contributed by atoms with Crippen molar-refractivity contribution < 1.29 is 9.59 Å². The second-order valence-corrected chi connectivity index (χ2v) is 8.99. The molecule has 1 aliphatic heterocycles. The third kappa shape index (κ3) is 5.19. The summed E-state index contributed by atoms with van der Waals surface area (Å²) in [5, 5.41) is 12.3. The highest BCUT2D eigenvalue weighted by Crippen LogP contribution is 2.31. The molecule has 2 aromatic carbocycles. The Morgan fingerprint density at radius 1 is 1.12 bits per heavy atom. The number of amides is 2. The summed E-state index contributed by atoms with van der Waals surface area (Å²) in [6.07, 6.45) is 2.22. The van der Waals surface area contributed by atoms with Gasteiger partial charge in [-0.1, -0.05) is 35.5 Å². The van der Waals surface area contributed by atoms with Crippen LogP contribution in [0.5, 0.6) is 0 Å². The number of rotatable bonds is 8. The van der Waals surface area contributed by atoms with E-state index in [4.69, 9.17) is 5.73 Å². The number of aryl methyl sites for hydroxylation is 1. The van der Waals surface area contributed by atoms with E-state index in [0.717, 1.165) is 48.6 Å². The molecule has 2 amide bonds. The molecule has 0 unspecified atom stereocenters. The number of carbonyl (C=O) groups is 2. The number of nitrogens with one attached hydrogen (secondary N) is 1. The lowest BCUT2D eigenvalue weighted by molar-refractivity contribution is -0.113. The number of nitrogens with two attached hydrogens (primary N) is 1. The number of hydrogen-bond acceptors (Lipinski definition) is 6. The van der Waals surface area contributed by atoms with Gasteiger partial charge >= 0.3 is 0 Å². The molecule has 0 saturated carbocycles. The summed E-state index contributed by atoms with van der Waals surface area (Å²) in [6, 6.07) is 13.3. The maximum absolute atomic E-state index is 12.8. The first-order valence-corrected chi connectivity index (χ1v) is 12.1. The first-order chi connectivity index (χ1) is 16.0. The van der Waals surface area contributed by atoms with Crippen molar-refractivity contribution in [3.63, 3.8) is 0 Å². The van der Waals surface area contributed by atoms with E-state index in [1.165, 1.54) is 11.8 Å². The molecule has 0 atom stereocenters. The van der Waals surface area contributed by atoms with Gasteiger partial charge in [0.15, 0.2) is 11.0 Å². The van der Waals surface area contributed by atoms with Gasteiger partial charge in [-0.05, 0) is 51.0 Å². The molecule has 1 aliphatic rings. The first-order valence-electron chi connectivity index (χ1n) is 11.1. The lowest BCUT2D eigenvalue weighted by Gasteiger charge is -2.22. The first kappa shape index (κ1) is 22.8. The van der Waals surface area contributed by atoms with Crippen molar-refractivity contribution in [1.29, 1.82) is 0 Å². The largest absolute Gasteiger partial charge is 0.370 e. The van der Waals surface area contributed by atoms with Crippen LogP contribution in [-0.2, 0) is 11.3 Å². The molecule has 3 aromatic rings. The van der Waals surface area contributed by atoms with Crippen LogP contribution in [-0.4, -0.2) is 45.4 Å². The monoisotopic (exact) mass is 464 g/mol. The van der Waals surface area contributed by atoms with Crippen molar-refractivity contribution in [3.05, 3.63) is 53.6 Å². The van der Waals surface area contributed by atoms with E-state index in [9.17, 15) is 9.59 Å². The zero-order valence-corrected chi connectivity index (χ0v) is 19.7. The van der Waals surface area contributed by atoms with E-state index in [-0.39, 0.29) is 11.7 Å². The van der Waals surface area contributed by atoms with Crippen molar-refractivity contribution in [2.45, 2.75) is 38.4 Å². The molecule has 0 spiro atoms. The topological polar surface area (TPSA) is 106 Å². The molecule has 172 valence electrons. The molecule has 9 heteroatoms. The average Bonchev–Trinajstić information content (AvgIpc) is 3.47. The summed E-state index contributed by atoms with van der Waals surface area (Å²) in [5.74, 6) is 0.263. The highest BCUT2D eigenvalue weighted by atomic mass is 32.2. The van der Waals surface area contributed by atoms with E-state index in [1.54, 1.807) is 12.1 Å². The highest BCUT2D eigenvalue weighted by molar-refractivity contribution is 7.99. The minimum absolute atomic E-state index is 0.173. The Hall–Kier alpha value is -3.33. The van der Waals surface area contributed by atoms with Crippen molar-refractivity contribution in [2.75, 3.05) is 29.1 Å². The lowest BCUT2D eigenvalue weighted by Crippen LogP contribution is -2.23. The van der Waals surface area contributed by atoms with Gasteiger partial charge in [-0.3, -0.25) is 9.59 Å². The van der Waals surface area contributed by atoms with Gasteiger partial charge in [-0.2, -0.15) is 0 Å². The van der Waals surface area contributed by atoms with Gasteiger partial charge in [0.2, 0.25) is 11.8 Å². The van der Waals surface area contributed by atoms with Crippen LogP contribution >= 0.6 is 11.8 Å². The van der Waals surface area contributed by atoms with Crippen LogP contribution in [0.15, 0.2) is 47.6 Å². The minimum Gasteiger partial charge on any atom is -0.370 e. The number of thioether (sulfide) groups is 1. The van der Waals surface area contributed by atoms with Crippen LogP contribution in [0.2, 0.25) is 0 Å². The number of carbonyl (C=O) groups excluding carboxylic acids is 2. The van der Waals surface area contributed by atoms with Crippen LogP contribution in [0.25, 0.3) is 11.4 Å². The third-order valence-electron chi connectivity index (χ3n) is 5.64. The molecule has 1 fully saturated rings. The number of aromatic nitrogens is 3. The number of hydrogen-bond donors (Lipinski definition) is 2. The molecule has 3 N–H and O–H groups in total. The van der Waals surface area contributed by atoms with Crippen LogP contribution in [0.1, 0.15) is 35.7 Å². The van der Waals surface area contributed by atoms with E-state index < -0.39 is 5.91 Å². The highest BCUT2D eigenvalue weighted by Gasteiger charge is 2.19. The predicted octanol–water partition coefficient (Wildman–Crippen LogP) is 3.70. The van der Waals surface area contributed by atoms with Crippen LogP contribution in [0.4, 0.5) is 11.4 Å². The van der Waals surface area contributed by atoms with Gasteiger partial charge in [0, 0.05) is 30.8 Å². The van der Waals surface area contributed by atoms with Crippen LogP contribution in [0.3, 0.4) is 0 Å². The second-order valence-electron chi connectivity index (χ2n) is 8.05. The zero-order valence-electron chi connectivity index (χ0n) is 18.9. The van der Waals surface area contributed by atoms with Gasteiger partial charge < -0.3 is 20.5 Å². The second kappa shape index (κ2) is 10.1. The number of anilines is 2. The summed E-state index contributed by atoms with van der Waals surface area (Å²) in [6.45, 7) is 6.62. The summed E-state index contributed by atoms with van der Waals surface area (Å²) in [7, 11) is 0. The molecular formula is C24H28N6O2S. The van der Waals surface area contributed by atoms with Gasteiger partial charge in [0.05, 0.1) is 17.1 Å². The Balaban J connectivity index is 1.49. The van der Waals surface area contributed by atoms with Gasteiger partial charge in [-0.15, -0.1) is 10.2 Å². The third-order valence-corrected chi connectivity index (χ3v) is 6.61. The molecule has 0 radical (unpaired) electrons. The molecule has 1 aromatic heterocycles. The number of benzene rings is 2. The predicted molar refractivity (Wildman–Crippen MR) is 132 cm³/mol. The molecule has 2 heterocycles. The Morgan fingerprint density at radius 3 is 2.61 bits per heavy atom. The van der Waals surface area contributed by atoms with Crippen LogP contribution in [0, 0.1) is 6.92 Å². The average molecular weight is 465 g/mol. The van der Waals surface area contributed by atoms with E-state index in [1.807, 2.05) is 42.7 Å². The molecule has 33 heavy (non-hydrogen) atoms. The normalized spacial score (nSPS) is 13.3. The molecular weight excluding hydrogens is 436 g/mol. The fourth-order valence-corrected chi connectivity index (χ4v) is 4.82. The Kier molecular flexibility index (Phi) is 6.98. The van der Waals surface area contributed by atoms with Crippen LogP contribution < -0.4 is 16.0 Å². The van der Waals surface area contributed by atoms with Gasteiger partial charge in [-0.25, -0.2) is 0 Å². The van der Waals surface area contributed by atoms with Crippen molar-refractivity contribution in [2.24, 2.45) is 5.73 Å². The van der Waals surface area contributed by atoms with Crippen molar-refractivity contribution in [3.8, 4) is 11.4 Å². The summed E-state index contributed by atoms with van der Waals surface area (Å²) in [4.78, 5) is 26.7. The van der Waals surface area contributed by atoms with Gasteiger partial charge in [0.1, 0.15) is 0 Å². The number of primary amides is 1.